The van der Waals surface area contributed by atoms with E-state index in [0.29, 0.717) is 12.1 Å². The zero-order valence-electron chi connectivity index (χ0n) is 6.54. The maximum atomic E-state index is 8.50. The Labute approximate surface area is 71.8 Å². The van der Waals surface area contributed by atoms with Gasteiger partial charge in [0.25, 0.3) is 0 Å². The van der Waals surface area contributed by atoms with E-state index in [2.05, 4.69) is 11.2 Å². The van der Waals surface area contributed by atoms with Crippen LogP contribution in [-0.2, 0) is 0 Å². The van der Waals surface area contributed by atoms with Gasteiger partial charge in [0.1, 0.15) is 0 Å². The van der Waals surface area contributed by atoms with E-state index in [1.165, 1.54) is 0 Å². The van der Waals surface area contributed by atoms with Gasteiger partial charge in [-0.2, -0.15) is 5.26 Å². The van der Waals surface area contributed by atoms with Gasteiger partial charge in [-0.1, -0.05) is 5.92 Å². The number of nitriles is 1. The lowest BCUT2D eigenvalue weighted by molar-refractivity contribution is 1.37. The van der Waals surface area contributed by atoms with E-state index in [0.717, 1.165) is 5.69 Å². The number of benzene rings is 1. The summed E-state index contributed by atoms with van der Waals surface area (Å²) >= 11 is 0. The minimum Gasteiger partial charge on any atom is -0.374 e. The predicted molar refractivity (Wildman–Crippen MR) is 48.5 cm³/mol. The first-order valence-corrected chi connectivity index (χ1v) is 3.54. The van der Waals surface area contributed by atoms with Crippen LogP contribution in [0.5, 0.6) is 0 Å². The van der Waals surface area contributed by atoms with E-state index in [1.54, 1.807) is 12.1 Å². The SMILES string of the molecule is C#CCNc1ccc(C#N)cc1. The summed E-state index contributed by atoms with van der Waals surface area (Å²) in [5.41, 5.74) is 1.59. The number of hydrogen-bond donors (Lipinski definition) is 1. The third-order valence-corrected chi connectivity index (χ3v) is 1.41. The maximum Gasteiger partial charge on any atom is 0.0991 e. The van der Waals surface area contributed by atoms with Gasteiger partial charge in [-0.05, 0) is 24.3 Å². The number of nitrogens with one attached hydrogen (secondary N) is 1. The van der Waals surface area contributed by atoms with Crippen molar-refractivity contribution >= 4 is 5.69 Å². The normalized spacial score (nSPS) is 8.17. The van der Waals surface area contributed by atoms with E-state index in [9.17, 15) is 0 Å². The van der Waals surface area contributed by atoms with Crippen molar-refractivity contribution in [2.45, 2.75) is 0 Å². The Morgan fingerprint density at radius 2 is 2.00 bits per heavy atom. The third kappa shape index (κ3) is 2.04. The molecule has 0 saturated carbocycles. The van der Waals surface area contributed by atoms with Crippen LogP contribution in [0.25, 0.3) is 0 Å². The molecule has 0 bridgehead atoms. The van der Waals surface area contributed by atoms with Crippen molar-refractivity contribution < 1.29 is 0 Å². The lowest BCUT2D eigenvalue weighted by Gasteiger charge is -2.00. The number of anilines is 1. The molecule has 0 aliphatic rings. The van der Waals surface area contributed by atoms with Crippen LogP contribution in [0.2, 0.25) is 0 Å². The van der Waals surface area contributed by atoms with Crippen molar-refractivity contribution in [2.75, 3.05) is 11.9 Å². The molecular weight excluding hydrogens is 148 g/mol. The van der Waals surface area contributed by atoms with Crippen LogP contribution in [0.1, 0.15) is 5.56 Å². The molecule has 0 heterocycles. The van der Waals surface area contributed by atoms with Crippen LogP contribution < -0.4 is 5.32 Å². The zero-order valence-corrected chi connectivity index (χ0v) is 6.54. The highest BCUT2D eigenvalue weighted by molar-refractivity contribution is 5.47. The molecule has 0 amide bonds. The van der Waals surface area contributed by atoms with Crippen LogP contribution in [0.4, 0.5) is 5.69 Å². The summed E-state index contributed by atoms with van der Waals surface area (Å²) in [7, 11) is 0. The van der Waals surface area contributed by atoms with Crippen LogP contribution in [0.15, 0.2) is 24.3 Å². The lowest BCUT2D eigenvalue weighted by atomic mass is 10.2. The molecule has 0 unspecified atom stereocenters. The van der Waals surface area contributed by atoms with Gasteiger partial charge in [0.15, 0.2) is 0 Å². The van der Waals surface area contributed by atoms with Crippen molar-refractivity contribution in [3.63, 3.8) is 0 Å². The summed E-state index contributed by atoms with van der Waals surface area (Å²) in [6, 6.07) is 9.20. The molecule has 58 valence electrons. The number of rotatable bonds is 2. The molecule has 0 spiro atoms. The van der Waals surface area contributed by atoms with E-state index in [-0.39, 0.29) is 0 Å². The van der Waals surface area contributed by atoms with Crippen molar-refractivity contribution in [3.05, 3.63) is 29.8 Å². The van der Waals surface area contributed by atoms with Gasteiger partial charge in [-0.3, -0.25) is 0 Å². The minimum absolute atomic E-state index is 0.506. The van der Waals surface area contributed by atoms with Crippen molar-refractivity contribution in [1.82, 2.24) is 0 Å². The van der Waals surface area contributed by atoms with Crippen LogP contribution >= 0.6 is 0 Å². The summed E-state index contributed by atoms with van der Waals surface area (Å²) in [5.74, 6) is 2.47. The van der Waals surface area contributed by atoms with Crippen molar-refractivity contribution in [2.24, 2.45) is 0 Å². The van der Waals surface area contributed by atoms with Gasteiger partial charge < -0.3 is 5.32 Å². The van der Waals surface area contributed by atoms with Gasteiger partial charge in [0.05, 0.1) is 18.2 Å². The molecule has 0 aromatic heterocycles. The molecule has 1 aromatic rings. The monoisotopic (exact) mass is 156 g/mol. The van der Waals surface area contributed by atoms with E-state index >= 15 is 0 Å². The molecule has 0 aliphatic heterocycles. The first-order valence-electron chi connectivity index (χ1n) is 3.54. The molecule has 12 heavy (non-hydrogen) atoms. The molecule has 0 radical (unpaired) electrons. The quantitative estimate of drug-likeness (QED) is 0.660. The predicted octanol–water partition coefficient (Wildman–Crippen LogP) is 1.60. The highest BCUT2D eigenvalue weighted by Gasteiger charge is 1.90. The third-order valence-electron chi connectivity index (χ3n) is 1.41. The van der Waals surface area contributed by atoms with Gasteiger partial charge in [0, 0.05) is 5.69 Å². The summed E-state index contributed by atoms with van der Waals surface area (Å²) in [4.78, 5) is 0. The molecular formula is C10H8N2. The number of terminal acetylenes is 1. The smallest absolute Gasteiger partial charge is 0.0991 e. The second kappa shape index (κ2) is 4.05. The van der Waals surface area contributed by atoms with Gasteiger partial charge >= 0.3 is 0 Å². The standard InChI is InChI=1S/C10H8N2/c1-2-7-12-10-5-3-9(8-11)4-6-10/h1,3-6,12H,7H2. The molecule has 1 aromatic carbocycles. The second-order valence-electron chi connectivity index (χ2n) is 2.25. The van der Waals surface area contributed by atoms with Gasteiger partial charge in [-0.25, -0.2) is 0 Å². The Morgan fingerprint density at radius 3 is 2.50 bits per heavy atom. The fourth-order valence-electron chi connectivity index (χ4n) is 0.816. The molecule has 2 nitrogen and oxygen atoms in total. The lowest BCUT2D eigenvalue weighted by Crippen LogP contribution is -1.97. The molecule has 1 N–H and O–H groups in total. The Kier molecular flexibility index (Phi) is 2.76. The minimum atomic E-state index is 0.506. The summed E-state index contributed by atoms with van der Waals surface area (Å²) in [6.07, 6.45) is 5.07. The van der Waals surface area contributed by atoms with Crippen LogP contribution in [0.3, 0.4) is 0 Å². The van der Waals surface area contributed by atoms with Crippen molar-refractivity contribution in [3.8, 4) is 18.4 Å². The van der Waals surface area contributed by atoms with E-state index in [4.69, 9.17) is 11.7 Å². The molecule has 0 atom stereocenters. The second-order valence-corrected chi connectivity index (χ2v) is 2.25. The van der Waals surface area contributed by atoms with Gasteiger partial charge in [0.2, 0.25) is 0 Å². The first kappa shape index (κ1) is 8.17. The number of hydrogen-bond acceptors (Lipinski definition) is 2. The largest absolute Gasteiger partial charge is 0.374 e. The van der Waals surface area contributed by atoms with Gasteiger partial charge in [-0.15, -0.1) is 6.42 Å². The van der Waals surface area contributed by atoms with Crippen molar-refractivity contribution in [1.29, 1.82) is 5.26 Å². The Morgan fingerprint density at radius 1 is 1.33 bits per heavy atom. The average Bonchev–Trinajstić information content (AvgIpc) is 2.15. The molecule has 0 aliphatic carbocycles. The Hall–Kier alpha value is -1.93. The van der Waals surface area contributed by atoms with E-state index < -0.39 is 0 Å². The van der Waals surface area contributed by atoms with E-state index in [1.807, 2.05) is 18.2 Å². The number of nitrogens with zero attached hydrogens (tertiary/aromatic N) is 1. The molecule has 1 rings (SSSR count). The van der Waals surface area contributed by atoms with Crippen LogP contribution in [0, 0.1) is 23.7 Å². The molecule has 0 saturated heterocycles. The first-order chi connectivity index (χ1) is 5.86. The zero-order chi connectivity index (χ0) is 8.81. The Balaban J connectivity index is 2.68. The fraction of sp³-hybridized carbons (Fsp3) is 0.100. The topological polar surface area (TPSA) is 35.8 Å². The molecule has 0 fully saturated rings. The maximum absolute atomic E-state index is 8.50. The molecule has 2 heteroatoms. The van der Waals surface area contributed by atoms with Crippen LogP contribution in [-0.4, -0.2) is 6.54 Å². The highest BCUT2D eigenvalue weighted by atomic mass is 14.8. The summed E-state index contributed by atoms with van der Waals surface area (Å²) in [6.45, 7) is 0.506. The summed E-state index contributed by atoms with van der Waals surface area (Å²) < 4.78 is 0. The Bertz CT molecular complexity index is 324. The summed E-state index contributed by atoms with van der Waals surface area (Å²) in [5, 5.41) is 11.5. The highest BCUT2D eigenvalue weighted by Crippen LogP contribution is 2.07. The average molecular weight is 156 g/mol. The fourth-order valence-corrected chi connectivity index (χ4v) is 0.816.